The zero-order valence-electron chi connectivity index (χ0n) is 79.0. The van der Waals surface area contributed by atoms with Gasteiger partial charge in [-0.05, 0) is 216 Å². The number of aryl methyl sites for hydroxylation is 7. The molecule has 734 valence electrons. The first-order chi connectivity index (χ1) is 66.0. The monoisotopic (exact) mass is 1980 g/mol. The van der Waals surface area contributed by atoms with Crippen molar-refractivity contribution in [1.82, 2.24) is 70.4 Å². The zero-order valence-corrected chi connectivity index (χ0v) is 82.3. The predicted octanol–water partition coefficient (Wildman–Crippen LogP) is 8.12. The first kappa shape index (κ1) is 99.7. The van der Waals surface area contributed by atoms with Gasteiger partial charge in [0.25, 0.3) is 23.6 Å². The summed E-state index contributed by atoms with van der Waals surface area (Å²) in [6.07, 6.45) is 18.2. The highest BCUT2D eigenvalue weighted by Crippen LogP contribution is 2.50. The molecule has 10 aromatic rings. The molecule has 8 amide bonds. The van der Waals surface area contributed by atoms with Gasteiger partial charge in [0.15, 0.2) is 62.6 Å². The van der Waals surface area contributed by atoms with Crippen molar-refractivity contribution in [3.8, 4) is 40.7 Å². The van der Waals surface area contributed by atoms with Crippen LogP contribution in [0.5, 0.6) is 23.0 Å². The van der Waals surface area contributed by atoms with Crippen molar-refractivity contribution < 1.29 is 91.0 Å². The van der Waals surface area contributed by atoms with Gasteiger partial charge < -0.3 is 61.5 Å². The molecular formula is C96H111N19O20S4. The molecule has 0 bridgehead atoms. The molecule has 43 heteroatoms. The molecule has 4 spiro atoms. The van der Waals surface area contributed by atoms with E-state index in [-0.39, 0.29) is 57.9 Å². The molecular weight excluding hydrogens is 1870 g/mol. The van der Waals surface area contributed by atoms with E-state index in [9.17, 15) is 72.0 Å². The van der Waals surface area contributed by atoms with Gasteiger partial charge in [-0.15, -0.1) is 0 Å². The van der Waals surface area contributed by atoms with Gasteiger partial charge in [0, 0.05) is 76.2 Å². The van der Waals surface area contributed by atoms with Gasteiger partial charge in [-0.3, -0.25) is 38.4 Å². The fourth-order valence-corrected chi connectivity index (χ4v) is 21.8. The smallest absolute Gasteiger partial charge is 0.257 e. The number of carbonyl (C=O) groups excluding carboxylic acids is 8. The number of nitrogens with one attached hydrogen (secondary N) is 8. The third kappa shape index (κ3) is 21.7. The minimum Gasteiger partial charge on any atom is -0.494 e. The number of unbranched alkanes of at least 4 members (excludes halogenated alkanes) is 2. The van der Waals surface area contributed by atoms with Crippen LogP contribution in [-0.4, -0.2) is 204 Å². The van der Waals surface area contributed by atoms with Gasteiger partial charge in [-0.1, -0.05) is 57.0 Å². The van der Waals surface area contributed by atoms with Gasteiger partial charge in [-0.2, -0.15) is 35.0 Å². The maximum atomic E-state index is 13.5. The van der Waals surface area contributed by atoms with Crippen molar-refractivity contribution in [1.29, 1.82) is 5.26 Å². The number of fused-ring (bicyclic) bond motifs is 12. The highest BCUT2D eigenvalue weighted by atomic mass is 32.2. The number of ether oxygens (including phenoxy) is 4. The van der Waals surface area contributed by atoms with Crippen molar-refractivity contribution in [2.24, 2.45) is 0 Å². The molecule has 0 saturated heterocycles. The molecule has 4 atom stereocenters. The fraction of sp³-hybridized carbons (Fsp3) is 0.427. The summed E-state index contributed by atoms with van der Waals surface area (Å²) in [7, 11) is -14.2. The SMILES string of the molecule is CCCCn1nc2c(c1NC(=O)CS(C)(=O)=O)C(=O)N[C@@]1(CCc3cc(OCC)ccc31)C2.CCCCn1nc2c(c1NC(=O)CS(C)(=O)=O)C(=O)N[C@]1(CCc3cc(OCC)ccc31)C2.CCOc1ccc2c(c1)CC[C@]21Cc2nn(-c3ccc(C#N)cn3)c(NC(=O)CS(C)(=O)=O)c2C(=O)N1.CCOc1ccc2c(c1)CC[C@]21Cc2nn(-c3ccc(C)cn3)c(NC(=O)CS(C)(=O)=O)c2C(=O)N1. The lowest BCUT2D eigenvalue weighted by molar-refractivity contribution is -0.114. The summed E-state index contributed by atoms with van der Waals surface area (Å²) in [5.74, 6) is -2.60. The summed E-state index contributed by atoms with van der Waals surface area (Å²) in [6.45, 7) is 17.1. The second-order valence-corrected chi connectivity index (χ2v) is 44.8. The molecule has 0 radical (unpaired) electrons. The Bertz CT molecular complexity index is 6940. The van der Waals surface area contributed by atoms with E-state index in [2.05, 4.69) is 57.6 Å². The number of anilines is 4. The van der Waals surface area contributed by atoms with Crippen LogP contribution in [0.15, 0.2) is 109 Å². The van der Waals surface area contributed by atoms with E-state index in [0.29, 0.717) is 123 Å². The highest BCUT2D eigenvalue weighted by Gasteiger charge is 2.52. The summed E-state index contributed by atoms with van der Waals surface area (Å²) >= 11 is 0. The van der Waals surface area contributed by atoms with Gasteiger partial charge in [-0.25, -0.2) is 53.0 Å². The number of amides is 8. The van der Waals surface area contributed by atoms with Crippen LogP contribution in [0.3, 0.4) is 0 Å². The number of hydrogen-bond acceptors (Lipinski definition) is 27. The van der Waals surface area contributed by atoms with Crippen LogP contribution in [0, 0.1) is 18.3 Å². The molecule has 0 fully saturated rings. The molecule has 18 rings (SSSR count). The Balaban J connectivity index is 0.000000141. The standard InChI is InChI=1S/C25H24N6O5S.C25H27N5O5S.2C23H30N4O5S/c1-3-36-17-5-6-18-16(10-17)8-9-25(18)11-19-22(24(33)29-25)23(28-21(32)14-37(2,34)35)31(30-19)20-7-4-15(12-26)13-27-20;1-4-35-17-6-7-18-16(11-17)9-10-25(18)12-19-22(24(32)28-25)23(27-21(31)14-36(3,33)34)30(29-19)20-8-5-15(2)13-26-20;2*1-4-6-11-27-21(24-19(28)14-33(3,30)31)20-18(26-27)13-23(25-22(20)29)10-9-15-12-16(32-5-2)7-8-17(15)23/h4-7,10,13H,3,8-9,11,14H2,1-2H3,(H,28,32)(H,29,33);5-8,11,13H,4,9-10,12,14H2,1-3H3,(H,27,31)(H,28,32);2*7-8,12H,4-6,9-11,13-14H2,1-3H3,(H,24,28)(H,25,29)/t2*25-;2*23-/m0010/s1. The molecule has 0 saturated carbocycles. The van der Waals surface area contributed by atoms with Crippen LogP contribution in [-0.2, 0) is 145 Å². The second kappa shape index (κ2) is 40.0. The third-order valence-electron chi connectivity index (χ3n) is 25.3. The van der Waals surface area contributed by atoms with E-state index in [1.54, 1.807) is 21.6 Å². The molecule has 0 unspecified atom stereocenters. The Morgan fingerprint density at radius 1 is 0.396 bits per heavy atom. The molecule has 8 aliphatic rings. The first-order valence-corrected chi connectivity index (χ1v) is 54.2. The van der Waals surface area contributed by atoms with Crippen molar-refractivity contribution in [3.63, 3.8) is 0 Å². The van der Waals surface area contributed by atoms with Gasteiger partial charge in [0.1, 0.15) is 86.0 Å². The predicted molar refractivity (Wildman–Crippen MR) is 515 cm³/mol. The van der Waals surface area contributed by atoms with Crippen LogP contribution in [0.4, 0.5) is 23.3 Å². The van der Waals surface area contributed by atoms with Gasteiger partial charge >= 0.3 is 0 Å². The van der Waals surface area contributed by atoms with Gasteiger partial charge in [0.05, 0.1) is 76.9 Å². The summed E-state index contributed by atoms with van der Waals surface area (Å²) in [4.78, 5) is 112. The average Bonchev–Trinajstić information content (AvgIpc) is 1.62. The maximum absolute atomic E-state index is 13.5. The fourth-order valence-electron chi connectivity index (χ4n) is 19.6. The number of benzene rings is 4. The van der Waals surface area contributed by atoms with Crippen LogP contribution >= 0.6 is 0 Å². The lowest BCUT2D eigenvalue weighted by Gasteiger charge is -2.35. The molecule has 4 aliphatic heterocycles. The van der Waals surface area contributed by atoms with Crippen LogP contribution < -0.4 is 61.5 Å². The second-order valence-electron chi connectivity index (χ2n) is 36.2. The number of aromatic nitrogens is 10. The summed E-state index contributed by atoms with van der Waals surface area (Å²) in [6, 6.07) is 32.3. The molecule has 39 nitrogen and oxygen atoms in total. The number of pyridine rings is 2. The Hall–Kier alpha value is -13.7. The minimum absolute atomic E-state index is 0.0260. The van der Waals surface area contributed by atoms with Crippen molar-refractivity contribution >= 4 is 110 Å². The van der Waals surface area contributed by atoms with Crippen LogP contribution in [0.1, 0.15) is 213 Å². The van der Waals surface area contributed by atoms with Crippen LogP contribution in [0.25, 0.3) is 11.6 Å². The van der Waals surface area contributed by atoms with Crippen molar-refractivity contribution in [2.45, 2.75) is 186 Å². The number of rotatable bonds is 28. The van der Waals surface area contributed by atoms with Crippen molar-refractivity contribution in [2.75, 3.05) is 95.7 Å². The molecule has 10 heterocycles. The van der Waals surface area contributed by atoms with E-state index in [0.717, 1.165) is 162 Å². The normalized spacial score (nSPS) is 18.7. The zero-order chi connectivity index (χ0) is 99.6. The number of sulfone groups is 4. The number of nitrogens with zero attached hydrogens (tertiary/aromatic N) is 11. The van der Waals surface area contributed by atoms with E-state index >= 15 is 0 Å². The summed E-state index contributed by atoms with van der Waals surface area (Å²) in [5.41, 5.74) is 10.7. The summed E-state index contributed by atoms with van der Waals surface area (Å²) in [5, 5.41) is 50.9. The molecule has 139 heavy (non-hydrogen) atoms. The molecule has 4 aromatic carbocycles. The molecule has 6 aromatic heterocycles. The Labute approximate surface area is 804 Å². The Morgan fingerprint density at radius 2 is 0.676 bits per heavy atom. The largest absolute Gasteiger partial charge is 0.494 e. The van der Waals surface area contributed by atoms with E-state index in [1.165, 1.54) is 27.7 Å². The average molecular weight is 1980 g/mol. The van der Waals surface area contributed by atoms with E-state index in [1.807, 2.05) is 133 Å². The lowest BCUT2D eigenvalue weighted by Crippen LogP contribution is -2.50. The van der Waals surface area contributed by atoms with E-state index < -0.39 is 114 Å². The molecule has 8 N–H and O–H groups in total. The topological polar surface area (TPSA) is 527 Å². The van der Waals surface area contributed by atoms with Crippen molar-refractivity contribution in [3.05, 3.63) is 210 Å². The third-order valence-corrected chi connectivity index (χ3v) is 28.5. The quantitative estimate of drug-likeness (QED) is 0.0229. The first-order valence-electron chi connectivity index (χ1n) is 46.0. The minimum atomic E-state index is -3.61. The Kier molecular flexibility index (Phi) is 28.7. The molecule has 4 aliphatic carbocycles. The lowest BCUT2D eigenvalue weighted by atomic mass is 9.82. The number of hydrogen-bond donors (Lipinski definition) is 8. The number of nitriles is 1. The van der Waals surface area contributed by atoms with Crippen LogP contribution in [0.2, 0.25) is 0 Å². The van der Waals surface area contributed by atoms with E-state index in [4.69, 9.17) is 39.5 Å². The van der Waals surface area contributed by atoms with Gasteiger partial charge in [0.2, 0.25) is 23.6 Å². The Morgan fingerprint density at radius 3 is 0.935 bits per heavy atom. The highest BCUT2D eigenvalue weighted by molar-refractivity contribution is 7.92. The maximum Gasteiger partial charge on any atom is 0.257 e. The number of carbonyl (C=O) groups is 8. The summed E-state index contributed by atoms with van der Waals surface area (Å²) < 4.78 is 121.